The van der Waals surface area contributed by atoms with Crippen molar-refractivity contribution in [2.75, 3.05) is 13.1 Å². The molecule has 1 atom stereocenters. The lowest BCUT2D eigenvalue weighted by Crippen LogP contribution is -2.31. The van der Waals surface area contributed by atoms with Crippen LogP contribution < -0.4 is 0 Å². The first-order valence-corrected chi connectivity index (χ1v) is 6.43. The maximum absolute atomic E-state index is 13.1. The van der Waals surface area contributed by atoms with Gasteiger partial charge in [-0.15, -0.1) is 0 Å². The molecule has 0 amide bonds. The van der Waals surface area contributed by atoms with E-state index in [-0.39, 0.29) is 12.0 Å². The molecule has 0 radical (unpaired) electrons. The van der Waals surface area contributed by atoms with Gasteiger partial charge in [0.2, 0.25) is 0 Å². The second-order valence-electron chi connectivity index (χ2n) is 4.42. The third kappa shape index (κ3) is 3.96. The van der Waals surface area contributed by atoms with E-state index in [1.54, 1.807) is 18.7 Å². The normalized spacial score (nSPS) is 13.5. The smallest absolute Gasteiger partial charge is 0.416 e. The molecule has 0 spiro atoms. The SMILES string of the molecule is CCN(CC)C(CC(=O)O)c1ccccc1C(F)(F)F. The molecule has 20 heavy (non-hydrogen) atoms. The van der Waals surface area contributed by atoms with Gasteiger partial charge in [-0.05, 0) is 24.7 Å². The molecule has 0 fully saturated rings. The summed E-state index contributed by atoms with van der Waals surface area (Å²) >= 11 is 0. The molecule has 112 valence electrons. The van der Waals surface area contributed by atoms with Gasteiger partial charge in [0.05, 0.1) is 12.0 Å². The fourth-order valence-corrected chi connectivity index (χ4v) is 2.31. The van der Waals surface area contributed by atoms with Crippen molar-refractivity contribution in [2.24, 2.45) is 0 Å². The standard InChI is InChI=1S/C14H18F3NO2/c1-3-18(4-2)12(9-13(19)20)10-7-5-6-8-11(10)14(15,16)17/h5-8,12H,3-4,9H2,1-2H3,(H,19,20). The van der Waals surface area contributed by atoms with Gasteiger partial charge in [0.1, 0.15) is 0 Å². The largest absolute Gasteiger partial charge is 0.481 e. The molecular formula is C14H18F3NO2. The zero-order valence-electron chi connectivity index (χ0n) is 11.4. The summed E-state index contributed by atoms with van der Waals surface area (Å²) in [5.74, 6) is -1.11. The van der Waals surface area contributed by atoms with Gasteiger partial charge >= 0.3 is 12.1 Å². The highest BCUT2D eigenvalue weighted by Gasteiger charge is 2.36. The van der Waals surface area contributed by atoms with Gasteiger partial charge in [0, 0.05) is 6.04 Å². The van der Waals surface area contributed by atoms with Gasteiger partial charge in [-0.3, -0.25) is 9.69 Å². The van der Waals surface area contributed by atoms with Crippen LogP contribution in [0.4, 0.5) is 13.2 Å². The summed E-state index contributed by atoms with van der Waals surface area (Å²) in [5, 5.41) is 8.97. The first-order valence-electron chi connectivity index (χ1n) is 6.43. The van der Waals surface area contributed by atoms with Crippen molar-refractivity contribution in [1.82, 2.24) is 4.90 Å². The molecule has 0 aliphatic carbocycles. The van der Waals surface area contributed by atoms with Crippen LogP contribution in [-0.4, -0.2) is 29.1 Å². The number of carbonyl (C=O) groups is 1. The van der Waals surface area contributed by atoms with Crippen LogP contribution in [0.2, 0.25) is 0 Å². The van der Waals surface area contributed by atoms with E-state index in [0.29, 0.717) is 13.1 Å². The van der Waals surface area contributed by atoms with Crippen molar-refractivity contribution in [3.05, 3.63) is 35.4 Å². The molecule has 3 nitrogen and oxygen atoms in total. The van der Waals surface area contributed by atoms with Crippen LogP contribution in [0.1, 0.15) is 37.4 Å². The van der Waals surface area contributed by atoms with Gasteiger partial charge in [-0.2, -0.15) is 13.2 Å². The van der Waals surface area contributed by atoms with Crippen LogP contribution in [-0.2, 0) is 11.0 Å². The van der Waals surface area contributed by atoms with Crippen molar-refractivity contribution < 1.29 is 23.1 Å². The predicted octanol–water partition coefficient (Wildman–Crippen LogP) is 3.56. The summed E-state index contributed by atoms with van der Waals surface area (Å²) in [6, 6.07) is 4.39. The fourth-order valence-electron chi connectivity index (χ4n) is 2.31. The summed E-state index contributed by atoms with van der Waals surface area (Å²) in [5.41, 5.74) is -0.746. The molecule has 1 rings (SSSR count). The Labute approximate surface area is 116 Å². The minimum atomic E-state index is -4.49. The molecule has 0 heterocycles. The van der Waals surface area contributed by atoms with Crippen LogP contribution >= 0.6 is 0 Å². The maximum Gasteiger partial charge on any atom is 0.416 e. The third-order valence-electron chi connectivity index (χ3n) is 3.25. The highest BCUT2D eigenvalue weighted by molar-refractivity contribution is 5.68. The Morgan fingerprint density at radius 2 is 1.80 bits per heavy atom. The van der Waals surface area contributed by atoms with E-state index < -0.39 is 23.8 Å². The molecule has 0 aliphatic rings. The Balaban J connectivity index is 3.30. The van der Waals surface area contributed by atoms with Crippen molar-refractivity contribution >= 4 is 5.97 Å². The Morgan fingerprint density at radius 3 is 2.25 bits per heavy atom. The van der Waals surface area contributed by atoms with E-state index in [0.717, 1.165) is 6.07 Å². The molecule has 0 saturated carbocycles. The first-order chi connectivity index (χ1) is 9.31. The zero-order chi connectivity index (χ0) is 15.3. The molecule has 0 bridgehead atoms. The average Bonchev–Trinajstić information content (AvgIpc) is 2.37. The lowest BCUT2D eigenvalue weighted by atomic mass is 9.96. The quantitative estimate of drug-likeness (QED) is 0.870. The van der Waals surface area contributed by atoms with E-state index in [2.05, 4.69) is 0 Å². The van der Waals surface area contributed by atoms with E-state index in [4.69, 9.17) is 5.11 Å². The maximum atomic E-state index is 13.1. The monoisotopic (exact) mass is 289 g/mol. The number of carboxylic acid groups (broad SMARTS) is 1. The minimum Gasteiger partial charge on any atom is -0.481 e. The van der Waals surface area contributed by atoms with Crippen molar-refractivity contribution in [3.8, 4) is 0 Å². The molecule has 1 aromatic rings. The Morgan fingerprint density at radius 1 is 1.25 bits per heavy atom. The lowest BCUT2D eigenvalue weighted by molar-refractivity contribution is -0.142. The number of hydrogen-bond acceptors (Lipinski definition) is 2. The lowest BCUT2D eigenvalue weighted by Gasteiger charge is -2.30. The Hall–Kier alpha value is -1.56. The third-order valence-corrected chi connectivity index (χ3v) is 3.25. The second-order valence-corrected chi connectivity index (χ2v) is 4.42. The summed E-state index contributed by atoms with van der Waals surface area (Å²) in [4.78, 5) is 12.7. The zero-order valence-corrected chi connectivity index (χ0v) is 11.4. The Kier molecular flexibility index (Phi) is 5.56. The highest BCUT2D eigenvalue weighted by Crippen LogP contribution is 2.37. The molecule has 1 N–H and O–H groups in total. The topological polar surface area (TPSA) is 40.5 Å². The number of nitrogens with zero attached hydrogens (tertiary/aromatic N) is 1. The summed E-state index contributed by atoms with van der Waals surface area (Å²) < 4.78 is 39.2. The van der Waals surface area contributed by atoms with E-state index in [1.165, 1.54) is 18.2 Å². The molecule has 1 aromatic carbocycles. The first kappa shape index (κ1) is 16.5. The molecule has 0 aliphatic heterocycles. The molecule has 6 heteroatoms. The number of hydrogen-bond donors (Lipinski definition) is 1. The predicted molar refractivity (Wildman–Crippen MR) is 69.4 cm³/mol. The summed E-state index contributed by atoms with van der Waals surface area (Å²) in [6.45, 7) is 4.57. The van der Waals surface area contributed by atoms with Crippen LogP contribution in [0.3, 0.4) is 0 Å². The number of aliphatic carboxylic acids is 1. The molecule has 1 unspecified atom stereocenters. The van der Waals surface area contributed by atoms with Crippen LogP contribution in [0.5, 0.6) is 0 Å². The number of carboxylic acids is 1. The molecular weight excluding hydrogens is 271 g/mol. The van der Waals surface area contributed by atoms with Gasteiger partial charge < -0.3 is 5.11 Å². The van der Waals surface area contributed by atoms with Gasteiger partial charge in [-0.25, -0.2) is 0 Å². The van der Waals surface area contributed by atoms with Gasteiger partial charge in [0.15, 0.2) is 0 Å². The fraction of sp³-hybridized carbons (Fsp3) is 0.500. The van der Waals surface area contributed by atoms with Gasteiger partial charge in [-0.1, -0.05) is 32.0 Å². The Bertz CT molecular complexity index is 456. The molecule has 0 aromatic heterocycles. The van der Waals surface area contributed by atoms with Crippen molar-refractivity contribution in [1.29, 1.82) is 0 Å². The van der Waals surface area contributed by atoms with E-state index in [9.17, 15) is 18.0 Å². The second kappa shape index (κ2) is 6.74. The number of halogens is 3. The highest BCUT2D eigenvalue weighted by atomic mass is 19.4. The van der Waals surface area contributed by atoms with E-state index >= 15 is 0 Å². The summed E-state index contributed by atoms with van der Waals surface area (Å²) in [7, 11) is 0. The van der Waals surface area contributed by atoms with Crippen molar-refractivity contribution in [3.63, 3.8) is 0 Å². The average molecular weight is 289 g/mol. The van der Waals surface area contributed by atoms with E-state index in [1.807, 2.05) is 0 Å². The molecule has 0 saturated heterocycles. The summed E-state index contributed by atoms with van der Waals surface area (Å²) in [6.07, 6.45) is -4.84. The number of benzene rings is 1. The van der Waals surface area contributed by atoms with Crippen LogP contribution in [0.15, 0.2) is 24.3 Å². The number of alkyl halides is 3. The van der Waals surface area contributed by atoms with Gasteiger partial charge in [0.25, 0.3) is 0 Å². The number of rotatable bonds is 6. The minimum absolute atomic E-state index is 0.0195. The van der Waals surface area contributed by atoms with Crippen LogP contribution in [0.25, 0.3) is 0 Å². The van der Waals surface area contributed by atoms with Crippen LogP contribution in [0, 0.1) is 0 Å². The van der Waals surface area contributed by atoms with Crippen molar-refractivity contribution in [2.45, 2.75) is 32.5 Å².